The van der Waals surface area contributed by atoms with Crippen LogP contribution < -0.4 is 4.74 Å². The van der Waals surface area contributed by atoms with Crippen molar-refractivity contribution in [3.8, 4) is 5.88 Å². The molecule has 156 valence electrons. The van der Waals surface area contributed by atoms with Crippen LogP contribution in [0.2, 0.25) is 5.02 Å². The normalized spacial score (nSPS) is 16.5. The number of carboxylic acids is 1. The van der Waals surface area contributed by atoms with Gasteiger partial charge in [-0.05, 0) is 36.8 Å². The summed E-state index contributed by atoms with van der Waals surface area (Å²) in [6.07, 6.45) is 4.94. The lowest BCUT2D eigenvalue weighted by molar-refractivity contribution is -0.138. The first-order chi connectivity index (χ1) is 14.4. The maximum absolute atomic E-state index is 14.2. The molecule has 0 saturated heterocycles. The molecule has 4 rings (SSSR count). The van der Waals surface area contributed by atoms with Crippen LogP contribution in [0.4, 0.5) is 8.78 Å². The molecule has 1 aliphatic rings. The van der Waals surface area contributed by atoms with Crippen LogP contribution in [-0.2, 0) is 11.4 Å². The number of aliphatic carboxylic acids is 1. The quantitative estimate of drug-likeness (QED) is 0.559. The number of rotatable bonds is 6. The van der Waals surface area contributed by atoms with Crippen molar-refractivity contribution >= 4 is 34.1 Å². The number of aromatic nitrogens is 2. The predicted octanol–water partition coefficient (Wildman–Crippen LogP) is 5.39. The Morgan fingerprint density at radius 2 is 2.20 bits per heavy atom. The van der Waals surface area contributed by atoms with E-state index in [1.54, 1.807) is 12.1 Å². The third-order valence-electron chi connectivity index (χ3n) is 5.03. The Morgan fingerprint density at radius 3 is 2.93 bits per heavy atom. The Morgan fingerprint density at radius 1 is 1.37 bits per heavy atom. The molecule has 2 heterocycles. The number of hydrogen-bond acceptors (Lipinski definition) is 5. The van der Waals surface area contributed by atoms with Gasteiger partial charge in [0.25, 0.3) is 11.9 Å². The summed E-state index contributed by atoms with van der Waals surface area (Å²) in [7, 11) is 0. The number of benzene rings is 1. The fourth-order valence-electron chi connectivity index (χ4n) is 3.51. The van der Waals surface area contributed by atoms with Crippen molar-refractivity contribution in [3.05, 3.63) is 58.7 Å². The zero-order valence-electron chi connectivity index (χ0n) is 15.7. The molecule has 0 radical (unpaired) electrons. The highest BCUT2D eigenvalue weighted by Crippen LogP contribution is 2.32. The number of nitrogens with zero attached hydrogens (tertiary/aromatic N) is 2. The van der Waals surface area contributed by atoms with Gasteiger partial charge in [0.2, 0.25) is 5.82 Å². The summed E-state index contributed by atoms with van der Waals surface area (Å²) in [6.45, 7) is -0.103. The average molecular weight is 435 g/mol. The van der Waals surface area contributed by atoms with Crippen molar-refractivity contribution in [3.63, 3.8) is 0 Å². The molecule has 9 heteroatoms. The molecule has 2 aromatic heterocycles. The highest BCUT2D eigenvalue weighted by molar-refractivity contribution is 6.35. The highest BCUT2D eigenvalue weighted by Gasteiger charge is 2.21. The third kappa shape index (κ3) is 4.28. The van der Waals surface area contributed by atoms with Crippen LogP contribution in [0.1, 0.15) is 37.1 Å². The first kappa shape index (κ1) is 20.3. The number of carboxylic acid groups (broad SMARTS) is 1. The molecule has 0 fully saturated rings. The summed E-state index contributed by atoms with van der Waals surface area (Å²) in [5.41, 5.74) is 1.55. The van der Waals surface area contributed by atoms with Gasteiger partial charge >= 0.3 is 5.97 Å². The smallest absolute Gasteiger partial charge is 0.303 e. The average Bonchev–Trinajstić information content (AvgIpc) is 3.11. The van der Waals surface area contributed by atoms with Gasteiger partial charge < -0.3 is 14.3 Å². The monoisotopic (exact) mass is 434 g/mol. The van der Waals surface area contributed by atoms with Crippen molar-refractivity contribution in [2.24, 2.45) is 5.92 Å². The molecule has 0 bridgehead atoms. The molecule has 1 N–H and O–H groups in total. The Bertz CT molecular complexity index is 1150. The van der Waals surface area contributed by atoms with E-state index in [4.69, 9.17) is 25.9 Å². The van der Waals surface area contributed by atoms with E-state index in [2.05, 4.69) is 9.97 Å². The summed E-state index contributed by atoms with van der Waals surface area (Å²) in [6, 6.07) is 3.59. The standard InChI is InChI=1S/C21H17ClF2N2O4/c22-15-6-5-13(19-14(15)8-17(24)30-19)10-29-21-16(23)9-25-20(26-21)12-3-1-11(2-4-12)7-18(27)28/h3,5-6,8-9,11H,1-2,4,7,10H2,(H,27,28). The molecule has 1 aliphatic carbocycles. The van der Waals surface area contributed by atoms with Gasteiger partial charge in [0, 0.05) is 23.4 Å². The topological polar surface area (TPSA) is 85.5 Å². The van der Waals surface area contributed by atoms with Crippen molar-refractivity contribution in [2.75, 3.05) is 0 Å². The minimum absolute atomic E-state index is 0.0726. The molecule has 3 aromatic rings. The number of carbonyl (C=O) groups is 1. The second kappa shape index (κ2) is 8.39. The lowest BCUT2D eigenvalue weighted by Crippen LogP contribution is -2.12. The maximum Gasteiger partial charge on any atom is 0.303 e. The van der Waals surface area contributed by atoms with Crippen LogP contribution in [0, 0.1) is 17.7 Å². The zero-order valence-corrected chi connectivity index (χ0v) is 16.5. The van der Waals surface area contributed by atoms with E-state index >= 15 is 0 Å². The Kier molecular flexibility index (Phi) is 5.67. The largest absolute Gasteiger partial charge is 0.481 e. The van der Waals surface area contributed by atoms with Crippen LogP contribution in [0.25, 0.3) is 16.5 Å². The number of fused-ring (bicyclic) bond motifs is 1. The third-order valence-corrected chi connectivity index (χ3v) is 5.36. The van der Waals surface area contributed by atoms with Gasteiger partial charge in [0.15, 0.2) is 5.82 Å². The van der Waals surface area contributed by atoms with Crippen molar-refractivity contribution in [1.82, 2.24) is 9.97 Å². The first-order valence-corrected chi connectivity index (χ1v) is 9.71. The van der Waals surface area contributed by atoms with Gasteiger partial charge in [-0.25, -0.2) is 4.98 Å². The lowest BCUT2D eigenvalue weighted by atomic mass is 9.87. The summed E-state index contributed by atoms with van der Waals surface area (Å²) < 4.78 is 38.2. The molecule has 0 aliphatic heterocycles. The fourth-order valence-corrected chi connectivity index (χ4v) is 3.71. The van der Waals surface area contributed by atoms with Crippen LogP contribution in [0.3, 0.4) is 0 Å². The molecule has 1 aromatic carbocycles. The van der Waals surface area contributed by atoms with Gasteiger partial charge in [0.05, 0.1) is 11.2 Å². The summed E-state index contributed by atoms with van der Waals surface area (Å²) in [5, 5.41) is 9.65. The van der Waals surface area contributed by atoms with E-state index < -0.39 is 17.8 Å². The van der Waals surface area contributed by atoms with E-state index in [0.29, 0.717) is 41.1 Å². The van der Waals surface area contributed by atoms with Crippen molar-refractivity contribution < 1.29 is 27.8 Å². The molecule has 0 amide bonds. The first-order valence-electron chi connectivity index (χ1n) is 9.33. The molecule has 0 spiro atoms. The number of ether oxygens (including phenoxy) is 1. The molecular weight excluding hydrogens is 418 g/mol. The van der Waals surface area contributed by atoms with Crippen molar-refractivity contribution in [2.45, 2.75) is 32.3 Å². The zero-order chi connectivity index (χ0) is 21.3. The highest BCUT2D eigenvalue weighted by atomic mass is 35.5. The van der Waals surface area contributed by atoms with Gasteiger partial charge in [-0.1, -0.05) is 23.7 Å². The molecule has 1 unspecified atom stereocenters. The van der Waals surface area contributed by atoms with Gasteiger partial charge in [-0.2, -0.15) is 13.8 Å². The summed E-state index contributed by atoms with van der Waals surface area (Å²) >= 11 is 6.04. The van der Waals surface area contributed by atoms with E-state index in [1.807, 2.05) is 6.08 Å². The van der Waals surface area contributed by atoms with Crippen molar-refractivity contribution in [1.29, 1.82) is 0 Å². The van der Waals surface area contributed by atoms with Crippen LogP contribution in [-0.4, -0.2) is 21.0 Å². The van der Waals surface area contributed by atoms with E-state index in [9.17, 15) is 13.6 Å². The van der Waals surface area contributed by atoms with Crippen LogP contribution in [0.5, 0.6) is 5.88 Å². The summed E-state index contributed by atoms with van der Waals surface area (Å²) in [4.78, 5) is 19.1. The molecule has 1 atom stereocenters. The second-order valence-electron chi connectivity index (χ2n) is 7.10. The molecule has 0 saturated carbocycles. The van der Waals surface area contributed by atoms with E-state index in [0.717, 1.165) is 11.8 Å². The van der Waals surface area contributed by atoms with Crippen LogP contribution in [0.15, 0.2) is 34.9 Å². The van der Waals surface area contributed by atoms with Gasteiger partial charge in [0.1, 0.15) is 12.2 Å². The van der Waals surface area contributed by atoms with Gasteiger partial charge in [-0.3, -0.25) is 4.79 Å². The Hall–Kier alpha value is -3.00. The van der Waals surface area contributed by atoms with E-state index in [1.165, 1.54) is 6.07 Å². The predicted molar refractivity (Wildman–Crippen MR) is 105 cm³/mol. The molecule has 6 nitrogen and oxygen atoms in total. The minimum Gasteiger partial charge on any atom is -0.481 e. The number of hydrogen-bond donors (Lipinski definition) is 1. The molecular formula is C21H17ClF2N2O4. The Labute approximate surface area is 175 Å². The SMILES string of the molecule is O=C(O)CC1CC=C(c2ncc(F)c(OCc3ccc(Cl)c4cc(F)oc34)n2)CC1. The number of halogens is 3. The van der Waals surface area contributed by atoms with Crippen LogP contribution >= 0.6 is 11.6 Å². The molecule has 30 heavy (non-hydrogen) atoms. The van der Waals surface area contributed by atoms with E-state index in [-0.39, 0.29) is 30.4 Å². The Balaban J connectivity index is 1.52. The maximum atomic E-state index is 14.2. The second-order valence-corrected chi connectivity index (χ2v) is 7.51. The number of furan rings is 1. The fraction of sp³-hybridized carbons (Fsp3) is 0.286. The van der Waals surface area contributed by atoms with Gasteiger partial charge in [-0.15, -0.1) is 0 Å². The lowest BCUT2D eigenvalue weighted by Gasteiger charge is -2.19. The number of allylic oxidation sites excluding steroid dienone is 2. The minimum atomic E-state index is -0.821. The summed E-state index contributed by atoms with van der Waals surface area (Å²) in [5.74, 6) is -1.37.